The van der Waals surface area contributed by atoms with Crippen LogP contribution in [0.5, 0.6) is 5.75 Å². The van der Waals surface area contributed by atoms with E-state index in [2.05, 4.69) is 10.7 Å². The van der Waals surface area contributed by atoms with Gasteiger partial charge in [-0.3, -0.25) is 15.0 Å². The van der Waals surface area contributed by atoms with Crippen LogP contribution in [0.2, 0.25) is 15.1 Å². The Morgan fingerprint density at radius 3 is 2.41 bits per heavy atom. The first-order chi connectivity index (χ1) is 16.3. The van der Waals surface area contributed by atoms with Gasteiger partial charge < -0.3 is 10.1 Å². The second kappa shape index (κ2) is 10.6. The standard InChI is InChI=1S/C25H22Cl3N3O3/c1-15-13-18(27)9-11-22(15)34-12-2-3-23(32)30-31-24(16-4-6-17(26)7-5-16)29-21-10-8-19(28)14-20(21)25(31)33/h4-11,13-14,24,29H,2-3,12H2,1H3,(H,30,32). The summed E-state index contributed by atoms with van der Waals surface area (Å²) < 4.78 is 5.76. The zero-order valence-corrected chi connectivity index (χ0v) is 20.5. The van der Waals surface area contributed by atoms with E-state index in [1.807, 2.05) is 13.0 Å². The van der Waals surface area contributed by atoms with E-state index >= 15 is 0 Å². The third-order valence-corrected chi connectivity index (χ3v) is 6.08. The fraction of sp³-hybridized carbons (Fsp3) is 0.200. The van der Waals surface area contributed by atoms with Crippen LogP contribution in [-0.4, -0.2) is 23.4 Å². The lowest BCUT2D eigenvalue weighted by atomic mass is 10.0. The van der Waals surface area contributed by atoms with Gasteiger partial charge in [0.2, 0.25) is 5.91 Å². The number of carbonyl (C=O) groups is 2. The summed E-state index contributed by atoms with van der Waals surface area (Å²) in [5.41, 5.74) is 5.43. The van der Waals surface area contributed by atoms with Crippen molar-refractivity contribution in [2.75, 3.05) is 11.9 Å². The molecule has 0 aromatic heterocycles. The van der Waals surface area contributed by atoms with Crippen molar-refractivity contribution in [2.24, 2.45) is 0 Å². The number of carbonyl (C=O) groups excluding carboxylic acids is 2. The summed E-state index contributed by atoms with van der Waals surface area (Å²) in [5, 5.41) is 6.23. The van der Waals surface area contributed by atoms with Crippen molar-refractivity contribution in [3.63, 3.8) is 0 Å². The van der Waals surface area contributed by atoms with Crippen LogP contribution in [0.3, 0.4) is 0 Å². The zero-order chi connectivity index (χ0) is 24.2. The van der Waals surface area contributed by atoms with Crippen molar-refractivity contribution >= 4 is 52.3 Å². The molecule has 3 aromatic rings. The predicted molar refractivity (Wildman–Crippen MR) is 134 cm³/mol. The number of fused-ring (bicyclic) bond motifs is 1. The summed E-state index contributed by atoms with van der Waals surface area (Å²) in [6.07, 6.45) is 0.0270. The lowest BCUT2D eigenvalue weighted by Crippen LogP contribution is -2.52. The Morgan fingerprint density at radius 2 is 1.68 bits per heavy atom. The van der Waals surface area contributed by atoms with Crippen molar-refractivity contribution in [2.45, 2.75) is 25.9 Å². The fourth-order valence-electron chi connectivity index (χ4n) is 3.65. The minimum Gasteiger partial charge on any atom is -0.493 e. The van der Waals surface area contributed by atoms with E-state index in [1.54, 1.807) is 54.6 Å². The van der Waals surface area contributed by atoms with Gasteiger partial charge in [0.15, 0.2) is 0 Å². The minimum absolute atomic E-state index is 0.173. The number of hydrazine groups is 1. The lowest BCUT2D eigenvalue weighted by Gasteiger charge is -2.37. The van der Waals surface area contributed by atoms with Gasteiger partial charge in [-0.15, -0.1) is 0 Å². The van der Waals surface area contributed by atoms with Gasteiger partial charge >= 0.3 is 0 Å². The van der Waals surface area contributed by atoms with E-state index in [4.69, 9.17) is 39.5 Å². The quantitative estimate of drug-likeness (QED) is 0.355. The molecule has 34 heavy (non-hydrogen) atoms. The summed E-state index contributed by atoms with van der Waals surface area (Å²) in [6, 6.07) is 17.5. The van der Waals surface area contributed by atoms with E-state index in [1.165, 1.54) is 5.01 Å². The summed E-state index contributed by atoms with van der Waals surface area (Å²) in [4.78, 5) is 26.0. The van der Waals surface area contributed by atoms with Gasteiger partial charge in [-0.1, -0.05) is 46.9 Å². The van der Waals surface area contributed by atoms with Gasteiger partial charge in [0, 0.05) is 27.2 Å². The van der Waals surface area contributed by atoms with Crippen LogP contribution in [0.15, 0.2) is 60.7 Å². The number of ether oxygens (including phenoxy) is 1. The highest BCUT2D eigenvalue weighted by Gasteiger charge is 2.34. The fourth-order valence-corrected chi connectivity index (χ4v) is 4.18. The molecule has 0 radical (unpaired) electrons. The normalized spacial score (nSPS) is 14.9. The number of nitrogens with zero attached hydrogens (tertiary/aromatic N) is 1. The smallest absolute Gasteiger partial charge is 0.276 e. The molecule has 0 saturated carbocycles. The SMILES string of the molecule is Cc1cc(Cl)ccc1OCCCC(=O)NN1C(=O)c2cc(Cl)ccc2NC1c1ccc(Cl)cc1. The second-order valence-electron chi connectivity index (χ2n) is 7.86. The van der Waals surface area contributed by atoms with E-state index in [0.717, 1.165) is 16.9 Å². The first kappa shape index (κ1) is 24.2. The number of hydrogen-bond acceptors (Lipinski definition) is 4. The molecule has 0 bridgehead atoms. The van der Waals surface area contributed by atoms with Gasteiger partial charge in [0.1, 0.15) is 11.9 Å². The van der Waals surface area contributed by atoms with E-state index in [0.29, 0.717) is 39.3 Å². The minimum atomic E-state index is -0.615. The van der Waals surface area contributed by atoms with Gasteiger partial charge in [-0.2, -0.15) is 0 Å². The molecule has 9 heteroatoms. The van der Waals surface area contributed by atoms with Gasteiger partial charge in [-0.25, -0.2) is 5.01 Å². The molecule has 1 heterocycles. The molecule has 176 valence electrons. The highest BCUT2D eigenvalue weighted by molar-refractivity contribution is 6.31. The molecule has 0 fully saturated rings. The van der Waals surface area contributed by atoms with Gasteiger partial charge in [-0.05, 0) is 73.0 Å². The largest absolute Gasteiger partial charge is 0.493 e. The van der Waals surface area contributed by atoms with E-state index in [9.17, 15) is 9.59 Å². The lowest BCUT2D eigenvalue weighted by molar-refractivity contribution is -0.126. The van der Waals surface area contributed by atoms with Gasteiger partial charge in [0.25, 0.3) is 5.91 Å². The average Bonchev–Trinajstić information content (AvgIpc) is 2.80. The maximum Gasteiger partial charge on any atom is 0.276 e. The van der Waals surface area contributed by atoms with Crippen LogP contribution >= 0.6 is 34.8 Å². The van der Waals surface area contributed by atoms with Crippen LogP contribution in [0, 0.1) is 6.92 Å². The molecular weight excluding hydrogens is 497 g/mol. The Balaban J connectivity index is 1.44. The van der Waals surface area contributed by atoms with Crippen LogP contribution in [0.1, 0.15) is 40.5 Å². The number of anilines is 1. The van der Waals surface area contributed by atoms with Crippen molar-refractivity contribution in [1.29, 1.82) is 0 Å². The topological polar surface area (TPSA) is 70.7 Å². The Bertz CT molecular complexity index is 1220. The Morgan fingerprint density at radius 1 is 1.00 bits per heavy atom. The zero-order valence-electron chi connectivity index (χ0n) is 18.3. The molecule has 1 aliphatic rings. The molecule has 3 aromatic carbocycles. The van der Waals surface area contributed by atoms with E-state index < -0.39 is 6.17 Å². The van der Waals surface area contributed by atoms with Crippen molar-refractivity contribution in [3.05, 3.63) is 92.4 Å². The van der Waals surface area contributed by atoms with Crippen molar-refractivity contribution < 1.29 is 14.3 Å². The molecule has 1 aliphatic heterocycles. The Kier molecular flexibility index (Phi) is 7.51. The molecular formula is C25H22Cl3N3O3. The van der Waals surface area contributed by atoms with Crippen LogP contribution < -0.4 is 15.5 Å². The first-order valence-corrected chi connectivity index (χ1v) is 11.8. The number of halogens is 3. The van der Waals surface area contributed by atoms with Gasteiger partial charge in [0.05, 0.1) is 12.2 Å². The van der Waals surface area contributed by atoms with E-state index in [-0.39, 0.29) is 18.2 Å². The number of hydrogen-bond donors (Lipinski definition) is 2. The third kappa shape index (κ3) is 5.58. The first-order valence-electron chi connectivity index (χ1n) is 10.7. The van der Waals surface area contributed by atoms with Crippen molar-refractivity contribution in [1.82, 2.24) is 10.4 Å². The highest BCUT2D eigenvalue weighted by atomic mass is 35.5. The molecule has 0 spiro atoms. The summed E-state index contributed by atoms with van der Waals surface area (Å²) in [6.45, 7) is 2.25. The maximum atomic E-state index is 13.3. The molecule has 4 rings (SSSR count). The third-order valence-electron chi connectivity index (χ3n) is 5.35. The number of benzene rings is 3. The number of nitrogens with one attached hydrogen (secondary N) is 2. The molecule has 2 amide bonds. The number of amides is 2. The Labute approximate surface area is 212 Å². The van der Waals surface area contributed by atoms with Crippen LogP contribution in [0.25, 0.3) is 0 Å². The molecule has 0 saturated heterocycles. The average molecular weight is 519 g/mol. The van der Waals surface area contributed by atoms with Crippen LogP contribution in [-0.2, 0) is 4.79 Å². The number of rotatable bonds is 7. The molecule has 6 nitrogen and oxygen atoms in total. The van der Waals surface area contributed by atoms with Crippen molar-refractivity contribution in [3.8, 4) is 5.75 Å². The summed E-state index contributed by atoms with van der Waals surface area (Å²) in [7, 11) is 0. The highest BCUT2D eigenvalue weighted by Crippen LogP contribution is 2.34. The molecule has 0 aliphatic carbocycles. The Hall–Kier alpha value is -2.93. The van der Waals surface area contributed by atoms with Crippen LogP contribution in [0.4, 0.5) is 5.69 Å². The molecule has 2 N–H and O–H groups in total. The second-order valence-corrected chi connectivity index (χ2v) is 9.17. The summed E-state index contributed by atoms with van der Waals surface area (Å²) >= 11 is 18.1. The summed E-state index contributed by atoms with van der Waals surface area (Å²) in [5.74, 6) is 0.0464. The number of aryl methyl sites for hydroxylation is 1. The molecule has 1 atom stereocenters. The monoisotopic (exact) mass is 517 g/mol. The predicted octanol–water partition coefficient (Wildman–Crippen LogP) is 6.41. The molecule has 1 unspecified atom stereocenters. The maximum absolute atomic E-state index is 13.3.